The molecule has 0 bridgehead atoms. The number of para-hydroxylation sites is 1. The van der Waals surface area contributed by atoms with Gasteiger partial charge in [0.2, 0.25) is 0 Å². The van der Waals surface area contributed by atoms with Gasteiger partial charge in [-0.3, -0.25) is 0 Å². The van der Waals surface area contributed by atoms with Crippen molar-refractivity contribution in [3.05, 3.63) is 53.6 Å². The highest BCUT2D eigenvalue weighted by Crippen LogP contribution is 2.45. The summed E-state index contributed by atoms with van der Waals surface area (Å²) in [5.74, 6) is 1.73. The van der Waals surface area contributed by atoms with Crippen molar-refractivity contribution in [2.45, 2.75) is 39.2 Å². The zero-order chi connectivity index (χ0) is 15.6. The lowest BCUT2D eigenvalue weighted by Gasteiger charge is -2.45. The van der Waals surface area contributed by atoms with Crippen LogP contribution >= 0.6 is 0 Å². The summed E-state index contributed by atoms with van der Waals surface area (Å²) < 4.78 is 5.61. The number of hydrogen-bond acceptors (Lipinski definition) is 2. The third-order valence-corrected chi connectivity index (χ3v) is 4.73. The lowest BCUT2D eigenvalue weighted by molar-refractivity contribution is 0.308. The third kappa shape index (κ3) is 2.53. The van der Waals surface area contributed by atoms with Gasteiger partial charge in [-0.15, -0.1) is 0 Å². The molecule has 0 saturated heterocycles. The molecule has 2 nitrogen and oxygen atoms in total. The van der Waals surface area contributed by atoms with Crippen molar-refractivity contribution >= 4 is 0 Å². The average Bonchev–Trinajstić information content (AvgIpc) is 2.47. The second-order valence-electron chi connectivity index (χ2n) is 6.45. The Morgan fingerprint density at radius 3 is 2.38 bits per heavy atom. The Morgan fingerprint density at radius 1 is 1.14 bits per heavy atom. The van der Waals surface area contributed by atoms with Crippen LogP contribution in [0.1, 0.15) is 33.3 Å². The van der Waals surface area contributed by atoms with Crippen molar-refractivity contribution in [1.29, 1.82) is 0 Å². The Hall–Kier alpha value is -1.54. The summed E-state index contributed by atoms with van der Waals surface area (Å²) in [6, 6.07) is 8.21. The summed E-state index contributed by atoms with van der Waals surface area (Å²) in [5, 5.41) is 0. The first-order valence-corrected chi connectivity index (χ1v) is 7.73. The predicted octanol–water partition coefficient (Wildman–Crippen LogP) is 4.07. The van der Waals surface area contributed by atoms with E-state index < -0.39 is 0 Å². The van der Waals surface area contributed by atoms with Crippen LogP contribution in [-0.4, -0.2) is 13.2 Å². The first kappa shape index (κ1) is 15.8. The molecule has 0 saturated carbocycles. The molecule has 1 aromatic rings. The van der Waals surface area contributed by atoms with Gasteiger partial charge in [0, 0.05) is 17.0 Å². The van der Waals surface area contributed by atoms with Crippen molar-refractivity contribution < 1.29 is 4.74 Å². The lowest BCUT2D eigenvalue weighted by atomic mass is 9.61. The van der Waals surface area contributed by atoms with E-state index in [1.165, 1.54) is 11.1 Å². The van der Waals surface area contributed by atoms with Crippen LogP contribution < -0.4 is 10.5 Å². The number of rotatable bonds is 4. The fourth-order valence-electron chi connectivity index (χ4n) is 3.48. The predicted molar refractivity (Wildman–Crippen MR) is 89.5 cm³/mol. The molecule has 1 aromatic carbocycles. The summed E-state index contributed by atoms with van der Waals surface area (Å²) in [6.07, 6.45) is 6.59. The van der Waals surface area contributed by atoms with E-state index >= 15 is 0 Å². The van der Waals surface area contributed by atoms with Gasteiger partial charge < -0.3 is 10.5 Å². The minimum atomic E-state index is -0.221. The summed E-state index contributed by atoms with van der Waals surface area (Å²) in [5.41, 5.74) is 9.00. The number of ether oxygens (including phenoxy) is 1. The molecule has 0 aromatic heterocycles. The van der Waals surface area contributed by atoms with Gasteiger partial charge in [-0.05, 0) is 23.5 Å². The molecular formula is C19H27NO. The van der Waals surface area contributed by atoms with Crippen LogP contribution in [0.15, 0.2) is 48.1 Å². The second kappa shape index (κ2) is 6.07. The van der Waals surface area contributed by atoms with Crippen LogP contribution in [0.5, 0.6) is 5.75 Å². The van der Waals surface area contributed by atoms with Crippen LogP contribution in [0, 0.1) is 11.8 Å². The van der Waals surface area contributed by atoms with Crippen molar-refractivity contribution in [3.63, 3.8) is 0 Å². The van der Waals surface area contributed by atoms with Gasteiger partial charge in [-0.2, -0.15) is 0 Å². The number of benzene rings is 1. The topological polar surface area (TPSA) is 35.2 Å². The van der Waals surface area contributed by atoms with Gasteiger partial charge in [0.05, 0.1) is 7.11 Å². The monoisotopic (exact) mass is 285 g/mol. The molecular weight excluding hydrogens is 258 g/mol. The quantitative estimate of drug-likeness (QED) is 0.905. The average molecular weight is 285 g/mol. The molecule has 1 aliphatic carbocycles. The molecule has 2 N–H and O–H groups in total. The van der Waals surface area contributed by atoms with Crippen molar-refractivity contribution in [2.75, 3.05) is 7.11 Å². The SMILES string of the molecule is COc1ccccc1C1(C(C)C)C=CC=C(C(C)C)C1N. The van der Waals surface area contributed by atoms with E-state index in [9.17, 15) is 0 Å². The fourth-order valence-corrected chi connectivity index (χ4v) is 3.48. The maximum atomic E-state index is 6.74. The molecule has 2 unspecified atom stereocenters. The largest absolute Gasteiger partial charge is 0.496 e. The molecule has 0 spiro atoms. The Labute approximate surface area is 128 Å². The van der Waals surface area contributed by atoms with Gasteiger partial charge >= 0.3 is 0 Å². The zero-order valence-electron chi connectivity index (χ0n) is 13.8. The van der Waals surface area contributed by atoms with Crippen LogP contribution in [0.4, 0.5) is 0 Å². The molecule has 0 radical (unpaired) electrons. The fraction of sp³-hybridized carbons (Fsp3) is 0.474. The standard InChI is InChI=1S/C19H27NO/c1-13(2)15-9-8-12-19(14(3)4,18(15)20)16-10-6-7-11-17(16)21-5/h6-14,18H,20H2,1-5H3. The van der Waals surface area contributed by atoms with Gasteiger partial charge in [-0.1, -0.05) is 64.1 Å². The number of nitrogens with two attached hydrogens (primary N) is 1. The van der Waals surface area contributed by atoms with Crippen LogP contribution in [0.25, 0.3) is 0 Å². The minimum absolute atomic E-state index is 0.0289. The zero-order valence-corrected chi connectivity index (χ0v) is 13.8. The van der Waals surface area contributed by atoms with E-state index in [0.717, 1.165) is 5.75 Å². The number of allylic oxidation sites excluding steroid dienone is 2. The molecule has 0 heterocycles. The summed E-state index contributed by atoms with van der Waals surface area (Å²) in [6.45, 7) is 8.89. The Morgan fingerprint density at radius 2 is 1.81 bits per heavy atom. The highest BCUT2D eigenvalue weighted by Gasteiger charge is 2.44. The number of methoxy groups -OCH3 is 1. The normalized spacial score (nSPS) is 25.3. The highest BCUT2D eigenvalue weighted by atomic mass is 16.5. The second-order valence-corrected chi connectivity index (χ2v) is 6.45. The maximum Gasteiger partial charge on any atom is 0.123 e. The van der Waals surface area contributed by atoms with Crippen LogP contribution in [0.3, 0.4) is 0 Å². The lowest BCUT2D eigenvalue weighted by Crippen LogP contribution is -2.51. The number of hydrogen-bond donors (Lipinski definition) is 1. The molecule has 21 heavy (non-hydrogen) atoms. The molecule has 2 heteroatoms. The van der Waals surface area contributed by atoms with Crippen molar-refractivity contribution in [2.24, 2.45) is 17.6 Å². The van der Waals surface area contributed by atoms with E-state index in [2.05, 4.69) is 58.1 Å². The van der Waals surface area contributed by atoms with Gasteiger partial charge in [-0.25, -0.2) is 0 Å². The smallest absolute Gasteiger partial charge is 0.123 e. The molecule has 2 rings (SSSR count). The summed E-state index contributed by atoms with van der Waals surface area (Å²) in [7, 11) is 1.73. The van der Waals surface area contributed by atoms with E-state index in [-0.39, 0.29) is 11.5 Å². The van der Waals surface area contributed by atoms with E-state index in [1.54, 1.807) is 7.11 Å². The molecule has 114 valence electrons. The van der Waals surface area contributed by atoms with Crippen LogP contribution in [-0.2, 0) is 5.41 Å². The first-order chi connectivity index (χ1) is 9.95. The van der Waals surface area contributed by atoms with Gasteiger partial charge in [0.15, 0.2) is 0 Å². The van der Waals surface area contributed by atoms with Crippen molar-refractivity contribution in [1.82, 2.24) is 0 Å². The third-order valence-electron chi connectivity index (χ3n) is 4.73. The van der Waals surface area contributed by atoms with Gasteiger partial charge in [0.1, 0.15) is 5.75 Å². The van der Waals surface area contributed by atoms with E-state index in [4.69, 9.17) is 10.5 Å². The maximum absolute atomic E-state index is 6.74. The minimum Gasteiger partial charge on any atom is -0.496 e. The van der Waals surface area contributed by atoms with E-state index in [1.807, 2.05) is 12.1 Å². The van der Waals surface area contributed by atoms with Crippen molar-refractivity contribution in [3.8, 4) is 5.75 Å². The first-order valence-electron chi connectivity index (χ1n) is 7.73. The van der Waals surface area contributed by atoms with Crippen LogP contribution in [0.2, 0.25) is 0 Å². The Bertz CT molecular complexity index is 556. The molecule has 1 aliphatic rings. The Balaban J connectivity index is 2.63. The molecule has 2 atom stereocenters. The Kier molecular flexibility index (Phi) is 4.58. The molecule has 0 fully saturated rings. The molecule has 0 aliphatic heterocycles. The molecule has 0 amide bonds. The summed E-state index contributed by atoms with van der Waals surface area (Å²) in [4.78, 5) is 0. The highest BCUT2D eigenvalue weighted by molar-refractivity contribution is 5.50. The summed E-state index contributed by atoms with van der Waals surface area (Å²) >= 11 is 0. The van der Waals surface area contributed by atoms with E-state index in [0.29, 0.717) is 11.8 Å². The van der Waals surface area contributed by atoms with Gasteiger partial charge in [0.25, 0.3) is 0 Å².